The van der Waals surface area contributed by atoms with Crippen LogP contribution >= 0.6 is 0 Å². The van der Waals surface area contributed by atoms with E-state index in [1.165, 1.54) is 37.0 Å². The highest BCUT2D eigenvalue weighted by atomic mass is 19.1. The second-order valence-corrected chi connectivity index (χ2v) is 4.63. The monoisotopic (exact) mass is 231 g/mol. The molecule has 17 heavy (non-hydrogen) atoms. The number of halogens is 1. The lowest BCUT2D eigenvalue weighted by atomic mass is 9.77. The van der Waals surface area contributed by atoms with Crippen molar-refractivity contribution in [3.05, 3.63) is 35.6 Å². The average molecular weight is 231 g/mol. The van der Waals surface area contributed by atoms with E-state index in [9.17, 15) is 4.39 Å². The van der Waals surface area contributed by atoms with Gasteiger partial charge in [0.1, 0.15) is 5.82 Å². The average Bonchev–Trinajstić information content (AvgIpc) is 2.27. The van der Waals surface area contributed by atoms with Crippen molar-refractivity contribution in [1.82, 2.24) is 5.32 Å². The Kier molecular flexibility index (Phi) is 4.17. The van der Waals surface area contributed by atoms with Gasteiger partial charge >= 0.3 is 0 Å². The molecule has 0 unspecified atom stereocenters. The summed E-state index contributed by atoms with van der Waals surface area (Å²) in [5.74, 6) is 3.14. The van der Waals surface area contributed by atoms with Gasteiger partial charge in [-0.3, -0.25) is 0 Å². The first-order chi connectivity index (χ1) is 8.31. The Hall–Kier alpha value is -1.33. The van der Waals surface area contributed by atoms with E-state index in [1.807, 2.05) is 12.1 Å². The van der Waals surface area contributed by atoms with Crippen molar-refractivity contribution >= 4 is 0 Å². The minimum Gasteiger partial charge on any atom is -0.309 e. The second-order valence-electron chi connectivity index (χ2n) is 4.63. The summed E-state index contributed by atoms with van der Waals surface area (Å²) in [6.45, 7) is 0.828. The number of terminal acetylenes is 1. The van der Waals surface area contributed by atoms with Gasteiger partial charge in [-0.1, -0.05) is 18.6 Å². The van der Waals surface area contributed by atoms with Crippen molar-refractivity contribution in [2.75, 3.05) is 6.54 Å². The molecule has 0 bridgehead atoms. The molecular weight excluding hydrogens is 213 g/mol. The summed E-state index contributed by atoms with van der Waals surface area (Å²) in [6, 6.07) is 7.15. The van der Waals surface area contributed by atoms with Gasteiger partial charge in [0.05, 0.1) is 0 Å². The Morgan fingerprint density at radius 3 is 2.59 bits per heavy atom. The molecule has 1 aromatic carbocycles. The maximum Gasteiger partial charge on any atom is 0.123 e. The Bertz CT molecular complexity index is 386. The molecule has 2 rings (SSSR count). The van der Waals surface area contributed by atoms with Crippen molar-refractivity contribution in [3.63, 3.8) is 0 Å². The Morgan fingerprint density at radius 2 is 2.06 bits per heavy atom. The third-order valence-corrected chi connectivity index (χ3v) is 3.48. The molecule has 90 valence electrons. The summed E-state index contributed by atoms with van der Waals surface area (Å²) >= 11 is 0. The molecule has 0 spiro atoms. The van der Waals surface area contributed by atoms with E-state index in [0.29, 0.717) is 12.0 Å². The predicted octanol–water partition coefficient (Wildman–Crippen LogP) is 3.28. The summed E-state index contributed by atoms with van der Waals surface area (Å²) in [5, 5.41) is 3.49. The van der Waals surface area contributed by atoms with Crippen molar-refractivity contribution in [2.24, 2.45) is 5.92 Å². The highest BCUT2D eigenvalue weighted by molar-refractivity contribution is 5.21. The molecule has 0 aliphatic heterocycles. The lowest BCUT2D eigenvalue weighted by Crippen LogP contribution is -2.32. The van der Waals surface area contributed by atoms with Crippen LogP contribution in [0.5, 0.6) is 0 Å². The van der Waals surface area contributed by atoms with Crippen LogP contribution in [0.15, 0.2) is 24.3 Å². The number of hydrogen-bond acceptors (Lipinski definition) is 1. The van der Waals surface area contributed by atoms with Crippen LogP contribution in [0.4, 0.5) is 4.39 Å². The van der Waals surface area contributed by atoms with Crippen molar-refractivity contribution in [1.29, 1.82) is 0 Å². The highest BCUT2D eigenvalue weighted by Crippen LogP contribution is 2.37. The molecule has 1 fully saturated rings. The first kappa shape index (κ1) is 12.1. The zero-order valence-corrected chi connectivity index (χ0v) is 9.95. The summed E-state index contributed by atoms with van der Waals surface area (Å²) in [6.07, 6.45) is 9.81. The van der Waals surface area contributed by atoms with E-state index in [-0.39, 0.29) is 5.82 Å². The van der Waals surface area contributed by atoms with Crippen LogP contribution in [0, 0.1) is 24.1 Å². The van der Waals surface area contributed by atoms with Gasteiger partial charge in [-0.15, -0.1) is 12.3 Å². The number of rotatable bonds is 5. The Morgan fingerprint density at radius 1 is 1.35 bits per heavy atom. The summed E-state index contributed by atoms with van der Waals surface area (Å²) in [5.41, 5.74) is 1.17. The fraction of sp³-hybridized carbons (Fsp3) is 0.467. The molecule has 2 heteroatoms. The third-order valence-electron chi connectivity index (χ3n) is 3.48. The SMILES string of the molecule is C#CCCN[C@H](c1ccc(F)cc1)C1CCC1. The topological polar surface area (TPSA) is 12.0 Å². The number of benzene rings is 1. The fourth-order valence-electron chi connectivity index (χ4n) is 2.30. The van der Waals surface area contributed by atoms with Gasteiger partial charge in [-0.2, -0.15) is 0 Å². The van der Waals surface area contributed by atoms with E-state index in [4.69, 9.17) is 6.42 Å². The van der Waals surface area contributed by atoms with Gasteiger partial charge in [0.25, 0.3) is 0 Å². The molecular formula is C15H18FN. The van der Waals surface area contributed by atoms with Gasteiger partial charge < -0.3 is 5.32 Å². The van der Waals surface area contributed by atoms with Crippen LogP contribution < -0.4 is 5.32 Å². The van der Waals surface area contributed by atoms with Crippen LogP contribution in [0.1, 0.15) is 37.3 Å². The predicted molar refractivity (Wildman–Crippen MR) is 67.9 cm³/mol. The summed E-state index contributed by atoms with van der Waals surface area (Å²) in [7, 11) is 0. The van der Waals surface area contributed by atoms with Crippen LogP contribution in [0.25, 0.3) is 0 Å². The van der Waals surface area contributed by atoms with Crippen LogP contribution in [0.2, 0.25) is 0 Å². The van der Waals surface area contributed by atoms with Crippen molar-refractivity contribution < 1.29 is 4.39 Å². The Labute approximate surface area is 102 Å². The Balaban J connectivity index is 2.03. The van der Waals surface area contributed by atoms with Crippen molar-refractivity contribution in [3.8, 4) is 12.3 Å². The van der Waals surface area contributed by atoms with E-state index in [1.54, 1.807) is 0 Å². The molecule has 1 saturated carbocycles. The van der Waals surface area contributed by atoms with E-state index in [2.05, 4.69) is 11.2 Å². The van der Waals surface area contributed by atoms with Crippen molar-refractivity contribution in [2.45, 2.75) is 31.7 Å². The minimum absolute atomic E-state index is 0.176. The number of hydrogen-bond donors (Lipinski definition) is 1. The molecule has 1 N–H and O–H groups in total. The van der Waals surface area contributed by atoms with E-state index < -0.39 is 0 Å². The maximum absolute atomic E-state index is 12.9. The molecule has 1 aliphatic carbocycles. The fourth-order valence-corrected chi connectivity index (χ4v) is 2.30. The van der Waals surface area contributed by atoms with Gasteiger partial charge in [0.15, 0.2) is 0 Å². The molecule has 0 radical (unpaired) electrons. The lowest BCUT2D eigenvalue weighted by molar-refractivity contribution is 0.232. The molecule has 0 amide bonds. The molecule has 1 aliphatic rings. The highest BCUT2D eigenvalue weighted by Gasteiger charge is 2.27. The van der Waals surface area contributed by atoms with Gasteiger partial charge in [-0.05, 0) is 36.5 Å². The molecule has 0 aromatic heterocycles. The van der Waals surface area contributed by atoms with Gasteiger partial charge in [-0.25, -0.2) is 4.39 Å². The van der Waals surface area contributed by atoms with E-state index >= 15 is 0 Å². The van der Waals surface area contributed by atoms with Crippen LogP contribution in [-0.2, 0) is 0 Å². The zero-order valence-electron chi connectivity index (χ0n) is 9.95. The first-order valence-corrected chi connectivity index (χ1v) is 6.23. The third kappa shape index (κ3) is 3.08. The summed E-state index contributed by atoms with van der Waals surface area (Å²) in [4.78, 5) is 0. The molecule has 1 aromatic rings. The molecule has 1 nitrogen and oxygen atoms in total. The normalized spacial score (nSPS) is 17.2. The standard InChI is InChI=1S/C15H18FN/c1-2-3-11-17-15(12-5-4-6-12)13-7-9-14(16)10-8-13/h1,7-10,12,15,17H,3-6,11H2/t15-/m0/s1. The largest absolute Gasteiger partial charge is 0.309 e. The zero-order chi connectivity index (χ0) is 12.1. The van der Waals surface area contributed by atoms with Gasteiger partial charge in [0.2, 0.25) is 0 Å². The maximum atomic E-state index is 12.9. The lowest BCUT2D eigenvalue weighted by Gasteiger charge is -2.34. The number of nitrogens with one attached hydrogen (secondary N) is 1. The van der Waals surface area contributed by atoms with E-state index in [0.717, 1.165) is 13.0 Å². The molecule has 0 heterocycles. The minimum atomic E-state index is -0.176. The second kappa shape index (κ2) is 5.84. The molecule has 1 atom stereocenters. The van der Waals surface area contributed by atoms with Gasteiger partial charge in [0, 0.05) is 19.0 Å². The first-order valence-electron chi connectivity index (χ1n) is 6.23. The molecule has 0 saturated heterocycles. The van der Waals surface area contributed by atoms with Crippen LogP contribution in [0.3, 0.4) is 0 Å². The smallest absolute Gasteiger partial charge is 0.123 e. The summed E-state index contributed by atoms with van der Waals surface area (Å²) < 4.78 is 12.9. The van der Waals surface area contributed by atoms with Crippen LogP contribution in [-0.4, -0.2) is 6.54 Å². The quantitative estimate of drug-likeness (QED) is 0.605.